The maximum atomic E-state index is 10.9. The molecule has 7 heteroatoms. The fraction of sp³-hybridized carbons (Fsp3) is 0.273. The minimum Gasteiger partial charge on any atom is -0.421 e. The van der Waals surface area contributed by atoms with Crippen molar-refractivity contribution >= 4 is 17.6 Å². The minimum absolute atomic E-state index is 0.184. The maximum Gasteiger partial charge on any atom is 0.305 e. The number of rotatable bonds is 4. The van der Waals surface area contributed by atoms with Crippen LogP contribution in [0.15, 0.2) is 24.3 Å². The van der Waals surface area contributed by atoms with Crippen LogP contribution >= 0.6 is 0 Å². The number of ether oxygens (including phenoxy) is 2. The summed E-state index contributed by atoms with van der Waals surface area (Å²) in [4.78, 5) is 31.8. The third kappa shape index (κ3) is 3.85. The summed E-state index contributed by atoms with van der Waals surface area (Å²) < 4.78 is 9.55. The number of nitro groups is 1. The summed E-state index contributed by atoms with van der Waals surface area (Å²) in [5, 5.41) is 10.6. The molecule has 18 heavy (non-hydrogen) atoms. The van der Waals surface area contributed by atoms with Crippen molar-refractivity contribution in [1.82, 2.24) is 0 Å². The Kier molecular flexibility index (Phi) is 4.36. The van der Waals surface area contributed by atoms with Crippen molar-refractivity contribution < 1.29 is 24.0 Å². The minimum atomic E-state index is -1.28. The average molecular weight is 253 g/mol. The van der Waals surface area contributed by atoms with E-state index >= 15 is 0 Å². The Morgan fingerprint density at radius 2 is 1.78 bits per heavy atom. The molecule has 0 N–H and O–H groups in total. The number of carbonyl (C=O) groups is 2. The van der Waals surface area contributed by atoms with Gasteiger partial charge in [0.2, 0.25) is 0 Å². The lowest BCUT2D eigenvalue weighted by Crippen LogP contribution is -2.15. The monoisotopic (exact) mass is 253 g/mol. The van der Waals surface area contributed by atoms with E-state index in [0.29, 0.717) is 0 Å². The SMILES string of the molecule is CC(=O)OC(OC(C)=O)c1cccc([N+](=O)[O-])c1. The van der Waals surface area contributed by atoms with Crippen molar-refractivity contribution in [3.63, 3.8) is 0 Å². The molecule has 1 aromatic rings. The quantitative estimate of drug-likeness (QED) is 0.351. The molecule has 0 heterocycles. The predicted molar refractivity (Wildman–Crippen MR) is 59.4 cm³/mol. The Hall–Kier alpha value is -2.44. The Labute approximate surface area is 102 Å². The summed E-state index contributed by atoms with van der Waals surface area (Å²) in [6.45, 7) is 2.29. The number of benzene rings is 1. The van der Waals surface area contributed by atoms with E-state index in [1.165, 1.54) is 24.3 Å². The first-order valence-corrected chi connectivity index (χ1v) is 4.99. The van der Waals surface area contributed by atoms with Crippen molar-refractivity contribution in [2.45, 2.75) is 20.1 Å². The fourth-order valence-corrected chi connectivity index (χ4v) is 1.25. The molecule has 0 unspecified atom stereocenters. The molecule has 0 amide bonds. The van der Waals surface area contributed by atoms with Gasteiger partial charge in [-0.05, 0) is 0 Å². The van der Waals surface area contributed by atoms with Gasteiger partial charge < -0.3 is 9.47 Å². The number of esters is 2. The third-order valence-electron chi connectivity index (χ3n) is 1.90. The molecule has 7 nitrogen and oxygen atoms in total. The van der Waals surface area contributed by atoms with Crippen molar-refractivity contribution in [1.29, 1.82) is 0 Å². The molecule has 0 radical (unpaired) electrons. The highest BCUT2D eigenvalue weighted by Gasteiger charge is 2.20. The summed E-state index contributed by atoms with van der Waals surface area (Å²) in [6.07, 6.45) is -1.28. The molecule has 0 aliphatic heterocycles. The lowest BCUT2D eigenvalue weighted by molar-refractivity contribution is -0.385. The summed E-state index contributed by atoms with van der Waals surface area (Å²) >= 11 is 0. The summed E-state index contributed by atoms with van der Waals surface area (Å²) in [7, 11) is 0. The lowest BCUT2D eigenvalue weighted by atomic mass is 10.2. The molecule has 1 rings (SSSR count). The summed E-state index contributed by atoms with van der Waals surface area (Å²) in [5.41, 5.74) is 0.0337. The van der Waals surface area contributed by atoms with E-state index < -0.39 is 23.2 Å². The van der Waals surface area contributed by atoms with Crippen molar-refractivity contribution in [2.24, 2.45) is 0 Å². The molecule has 0 saturated carbocycles. The van der Waals surface area contributed by atoms with Crippen LogP contribution in [0.5, 0.6) is 0 Å². The molecular formula is C11H11NO6. The number of non-ortho nitro benzene ring substituents is 1. The Morgan fingerprint density at radius 3 is 2.22 bits per heavy atom. The van der Waals surface area contributed by atoms with Gasteiger partial charge >= 0.3 is 11.9 Å². The van der Waals surface area contributed by atoms with Gasteiger partial charge in [0.05, 0.1) is 4.92 Å². The predicted octanol–water partition coefficient (Wildman–Crippen LogP) is 1.72. The molecule has 0 atom stereocenters. The second kappa shape index (κ2) is 5.76. The highest BCUT2D eigenvalue weighted by Crippen LogP contribution is 2.23. The Bertz CT molecular complexity index is 468. The molecule has 96 valence electrons. The van der Waals surface area contributed by atoms with Gasteiger partial charge in [-0.25, -0.2) is 0 Å². The van der Waals surface area contributed by atoms with E-state index in [1.807, 2.05) is 0 Å². The smallest absolute Gasteiger partial charge is 0.305 e. The Balaban J connectivity index is 3.03. The van der Waals surface area contributed by atoms with Gasteiger partial charge in [0.25, 0.3) is 12.0 Å². The molecule has 0 aliphatic carbocycles. The molecule has 0 aromatic heterocycles. The molecule has 0 fully saturated rings. The van der Waals surface area contributed by atoms with Gasteiger partial charge in [0, 0.05) is 31.5 Å². The molecule has 0 spiro atoms. The van der Waals surface area contributed by atoms with Crippen molar-refractivity contribution in [3.8, 4) is 0 Å². The van der Waals surface area contributed by atoms with Gasteiger partial charge in [-0.15, -0.1) is 0 Å². The van der Waals surface area contributed by atoms with Crippen LogP contribution < -0.4 is 0 Å². The van der Waals surface area contributed by atoms with E-state index in [2.05, 4.69) is 0 Å². The number of nitro benzene ring substituents is 1. The van der Waals surface area contributed by atoms with E-state index in [1.54, 1.807) is 0 Å². The highest BCUT2D eigenvalue weighted by molar-refractivity contribution is 5.68. The first kappa shape index (κ1) is 13.6. The lowest BCUT2D eigenvalue weighted by Gasteiger charge is -2.16. The zero-order chi connectivity index (χ0) is 13.7. The first-order valence-electron chi connectivity index (χ1n) is 4.99. The van der Waals surface area contributed by atoms with E-state index in [4.69, 9.17) is 9.47 Å². The molecule has 1 aromatic carbocycles. The van der Waals surface area contributed by atoms with Gasteiger partial charge in [0.1, 0.15) is 0 Å². The number of nitrogens with zero attached hydrogens (tertiary/aromatic N) is 1. The fourth-order valence-electron chi connectivity index (χ4n) is 1.25. The largest absolute Gasteiger partial charge is 0.421 e. The molecular weight excluding hydrogens is 242 g/mol. The van der Waals surface area contributed by atoms with E-state index in [-0.39, 0.29) is 11.3 Å². The highest BCUT2D eigenvalue weighted by atomic mass is 16.7. The van der Waals surface area contributed by atoms with Crippen molar-refractivity contribution in [3.05, 3.63) is 39.9 Å². The van der Waals surface area contributed by atoms with Crippen LogP contribution in [-0.2, 0) is 19.1 Å². The second-order valence-electron chi connectivity index (χ2n) is 3.40. The normalized spacial score (nSPS) is 9.94. The summed E-state index contributed by atoms with van der Waals surface area (Å²) in [6, 6.07) is 5.33. The zero-order valence-corrected chi connectivity index (χ0v) is 9.78. The Morgan fingerprint density at radius 1 is 1.22 bits per heavy atom. The van der Waals surface area contributed by atoms with Gasteiger partial charge in [0.15, 0.2) is 0 Å². The topological polar surface area (TPSA) is 95.7 Å². The van der Waals surface area contributed by atoms with Crippen molar-refractivity contribution in [2.75, 3.05) is 0 Å². The van der Waals surface area contributed by atoms with Gasteiger partial charge in [-0.1, -0.05) is 12.1 Å². The average Bonchev–Trinajstić information content (AvgIpc) is 2.27. The number of hydrogen-bond donors (Lipinski definition) is 0. The molecule has 0 saturated heterocycles. The number of hydrogen-bond acceptors (Lipinski definition) is 6. The summed E-state index contributed by atoms with van der Waals surface area (Å²) in [5.74, 6) is -1.32. The molecule has 0 aliphatic rings. The number of carbonyl (C=O) groups excluding carboxylic acids is 2. The van der Waals surface area contributed by atoms with Crippen LogP contribution in [0.3, 0.4) is 0 Å². The molecule has 0 bridgehead atoms. The first-order chi connectivity index (χ1) is 8.40. The third-order valence-corrected chi connectivity index (χ3v) is 1.90. The second-order valence-corrected chi connectivity index (χ2v) is 3.40. The van der Waals surface area contributed by atoms with E-state index in [9.17, 15) is 19.7 Å². The van der Waals surface area contributed by atoms with Crippen LogP contribution in [0, 0.1) is 10.1 Å². The standard InChI is InChI=1S/C11H11NO6/c1-7(13)17-11(18-8(2)14)9-4-3-5-10(6-9)12(15)16/h3-6,11H,1-2H3. The zero-order valence-electron chi connectivity index (χ0n) is 9.78. The van der Waals surface area contributed by atoms with E-state index in [0.717, 1.165) is 13.8 Å². The van der Waals surface area contributed by atoms with Crippen LogP contribution in [0.25, 0.3) is 0 Å². The van der Waals surface area contributed by atoms with Crippen LogP contribution in [0.2, 0.25) is 0 Å². The van der Waals surface area contributed by atoms with Crippen LogP contribution in [-0.4, -0.2) is 16.9 Å². The van der Waals surface area contributed by atoms with Gasteiger partial charge in [-0.3, -0.25) is 19.7 Å². The van der Waals surface area contributed by atoms with Gasteiger partial charge in [-0.2, -0.15) is 0 Å². The van der Waals surface area contributed by atoms with Crippen LogP contribution in [0.4, 0.5) is 5.69 Å². The maximum absolute atomic E-state index is 10.9. The van der Waals surface area contributed by atoms with Crippen LogP contribution in [0.1, 0.15) is 25.7 Å².